The van der Waals surface area contributed by atoms with Crippen molar-refractivity contribution in [1.29, 1.82) is 0 Å². The Morgan fingerprint density at radius 2 is 1.96 bits per heavy atom. The number of carbonyl (C=O) groups excluding carboxylic acids is 1. The third-order valence-electron chi connectivity index (χ3n) is 4.53. The van der Waals surface area contributed by atoms with Gasteiger partial charge in [-0.1, -0.05) is 15.9 Å². The fourth-order valence-electron chi connectivity index (χ4n) is 3.19. The van der Waals surface area contributed by atoms with Crippen molar-refractivity contribution in [2.45, 2.75) is 6.92 Å². The van der Waals surface area contributed by atoms with Gasteiger partial charge in [0, 0.05) is 36.2 Å². The van der Waals surface area contributed by atoms with Crippen LogP contribution in [0.5, 0.6) is 0 Å². The average Bonchev–Trinajstić information content (AvgIpc) is 3.10. The molecule has 0 spiro atoms. The van der Waals surface area contributed by atoms with E-state index in [9.17, 15) is 4.79 Å². The average molecular weight is 417 g/mol. The molecule has 0 unspecified atom stereocenters. The predicted molar refractivity (Wildman–Crippen MR) is 104 cm³/mol. The molecule has 7 heteroatoms. The number of benzene rings is 1. The van der Waals surface area contributed by atoms with E-state index in [0.29, 0.717) is 13.1 Å². The molecule has 1 aliphatic rings. The van der Waals surface area contributed by atoms with Crippen LogP contribution in [0.4, 0.5) is 5.82 Å². The Bertz CT molecular complexity index is 934. The Kier molecular flexibility index (Phi) is 4.43. The number of hydrogen-bond acceptors (Lipinski definition) is 5. The van der Waals surface area contributed by atoms with E-state index in [2.05, 4.69) is 36.9 Å². The van der Waals surface area contributed by atoms with Crippen LogP contribution in [0, 0.1) is 6.92 Å². The second-order valence-electron chi connectivity index (χ2n) is 6.08. The number of rotatable bonds is 2. The molecular formula is C18H17BrN4OS. The molecule has 2 aromatic heterocycles. The van der Waals surface area contributed by atoms with Gasteiger partial charge in [0.25, 0.3) is 5.91 Å². The molecule has 0 saturated carbocycles. The van der Waals surface area contributed by atoms with Gasteiger partial charge in [-0.3, -0.25) is 4.79 Å². The van der Waals surface area contributed by atoms with Crippen molar-refractivity contribution in [3.05, 3.63) is 51.6 Å². The van der Waals surface area contributed by atoms with Crippen molar-refractivity contribution < 1.29 is 4.79 Å². The van der Waals surface area contributed by atoms with E-state index in [0.717, 1.165) is 44.7 Å². The lowest BCUT2D eigenvalue weighted by atomic mass is 10.1. The summed E-state index contributed by atoms with van der Waals surface area (Å²) in [5.74, 6) is 1.08. The number of aryl methyl sites for hydroxylation is 1. The number of piperazine rings is 1. The van der Waals surface area contributed by atoms with E-state index in [1.54, 1.807) is 17.7 Å². The molecule has 0 atom stereocenters. The number of anilines is 1. The summed E-state index contributed by atoms with van der Waals surface area (Å²) in [6, 6.07) is 7.87. The SMILES string of the molecule is Cc1cc(Br)ccc1C(=O)N1CCN(c2ncnc3sccc23)CC1. The third-order valence-corrected chi connectivity index (χ3v) is 5.84. The van der Waals surface area contributed by atoms with Crippen LogP contribution in [0.2, 0.25) is 0 Å². The molecule has 4 rings (SSSR count). The highest BCUT2D eigenvalue weighted by molar-refractivity contribution is 9.10. The molecule has 1 amide bonds. The number of thiophene rings is 1. The number of nitrogens with zero attached hydrogens (tertiary/aromatic N) is 4. The minimum Gasteiger partial charge on any atom is -0.352 e. The first kappa shape index (κ1) is 16.5. The van der Waals surface area contributed by atoms with Crippen molar-refractivity contribution in [3.8, 4) is 0 Å². The van der Waals surface area contributed by atoms with E-state index < -0.39 is 0 Å². The van der Waals surface area contributed by atoms with Gasteiger partial charge in [0.2, 0.25) is 0 Å². The largest absolute Gasteiger partial charge is 0.352 e. The summed E-state index contributed by atoms with van der Waals surface area (Å²) in [5.41, 5.74) is 1.77. The summed E-state index contributed by atoms with van der Waals surface area (Å²) in [5, 5.41) is 3.13. The Morgan fingerprint density at radius 3 is 2.72 bits per heavy atom. The second kappa shape index (κ2) is 6.72. The lowest BCUT2D eigenvalue weighted by molar-refractivity contribution is 0.0746. The van der Waals surface area contributed by atoms with E-state index in [1.807, 2.05) is 35.4 Å². The molecule has 0 bridgehead atoms. The second-order valence-corrected chi connectivity index (χ2v) is 7.89. The zero-order valence-corrected chi connectivity index (χ0v) is 16.2. The highest BCUT2D eigenvalue weighted by atomic mass is 79.9. The van der Waals surface area contributed by atoms with E-state index in [4.69, 9.17) is 0 Å². The van der Waals surface area contributed by atoms with Gasteiger partial charge in [0.15, 0.2) is 0 Å². The highest BCUT2D eigenvalue weighted by Crippen LogP contribution is 2.27. The lowest BCUT2D eigenvalue weighted by Gasteiger charge is -2.35. The number of aromatic nitrogens is 2. The summed E-state index contributed by atoms with van der Waals surface area (Å²) in [6.45, 7) is 4.93. The van der Waals surface area contributed by atoms with Crippen molar-refractivity contribution >= 4 is 49.2 Å². The van der Waals surface area contributed by atoms with E-state index in [1.165, 1.54) is 0 Å². The smallest absolute Gasteiger partial charge is 0.254 e. The molecule has 5 nitrogen and oxygen atoms in total. The van der Waals surface area contributed by atoms with Crippen molar-refractivity contribution in [3.63, 3.8) is 0 Å². The van der Waals surface area contributed by atoms with Crippen LogP contribution in [-0.2, 0) is 0 Å². The van der Waals surface area contributed by atoms with E-state index >= 15 is 0 Å². The Balaban J connectivity index is 1.50. The predicted octanol–water partition coefficient (Wildman–Crippen LogP) is 3.72. The van der Waals surface area contributed by atoms with Crippen molar-refractivity contribution in [2.24, 2.45) is 0 Å². The summed E-state index contributed by atoms with van der Waals surface area (Å²) in [4.78, 5) is 26.8. The molecule has 1 saturated heterocycles. The Morgan fingerprint density at radius 1 is 1.16 bits per heavy atom. The Labute approximate surface area is 158 Å². The molecule has 3 heterocycles. The van der Waals surface area contributed by atoms with Crippen LogP contribution in [-0.4, -0.2) is 47.0 Å². The van der Waals surface area contributed by atoms with Crippen LogP contribution in [0.1, 0.15) is 15.9 Å². The van der Waals surface area contributed by atoms with Gasteiger partial charge in [-0.05, 0) is 42.1 Å². The number of amides is 1. The zero-order chi connectivity index (χ0) is 17.4. The first-order chi connectivity index (χ1) is 12.1. The molecule has 3 aromatic rings. The van der Waals surface area contributed by atoms with Crippen LogP contribution in [0.15, 0.2) is 40.4 Å². The number of carbonyl (C=O) groups is 1. The molecule has 0 radical (unpaired) electrons. The van der Waals surface area contributed by atoms with E-state index in [-0.39, 0.29) is 5.91 Å². The number of hydrogen-bond donors (Lipinski definition) is 0. The molecule has 1 aliphatic heterocycles. The summed E-state index contributed by atoms with van der Waals surface area (Å²) in [6.07, 6.45) is 1.62. The van der Waals surface area contributed by atoms with Gasteiger partial charge in [0.1, 0.15) is 17.0 Å². The quantitative estimate of drug-likeness (QED) is 0.638. The van der Waals surface area contributed by atoms with Crippen LogP contribution in [0.3, 0.4) is 0 Å². The molecule has 1 aromatic carbocycles. The fourth-order valence-corrected chi connectivity index (χ4v) is 4.39. The molecule has 1 fully saturated rings. The highest BCUT2D eigenvalue weighted by Gasteiger charge is 2.24. The van der Waals surface area contributed by atoms with Crippen LogP contribution in [0.25, 0.3) is 10.2 Å². The van der Waals surface area contributed by atoms with Crippen LogP contribution >= 0.6 is 27.3 Å². The summed E-state index contributed by atoms with van der Waals surface area (Å²) < 4.78 is 0.995. The molecular weight excluding hydrogens is 400 g/mol. The first-order valence-corrected chi connectivity index (χ1v) is 9.79. The molecule has 25 heavy (non-hydrogen) atoms. The zero-order valence-electron chi connectivity index (χ0n) is 13.8. The van der Waals surface area contributed by atoms with Crippen molar-refractivity contribution in [1.82, 2.24) is 14.9 Å². The summed E-state index contributed by atoms with van der Waals surface area (Å²) in [7, 11) is 0. The number of halogens is 1. The minimum absolute atomic E-state index is 0.105. The molecule has 0 N–H and O–H groups in total. The third kappa shape index (κ3) is 3.14. The van der Waals surface area contributed by atoms with Crippen LogP contribution < -0.4 is 4.90 Å². The van der Waals surface area contributed by atoms with Gasteiger partial charge in [-0.25, -0.2) is 9.97 Å². The monoisotopic (exact) mass is 416 g/mol. The van der Waals surface area contributed by atoms with Gasteiger partial charge in [-0.15, -0.1) is 11.3 Å². The number of fused-ring (bicyclic) bond motifs is 1. The van der Waals surface area contributed by atoms with Gasteiger partial charge < -0.3 is 9.80 Å². The van der Waals surface area contributed by atoms with Gasteiger partial charge >= 0.3 is 0 Å². The topological polar surface area (TPSA) is 49.3 Å². The summed E-state index contributed by atoms with van der Waals surface area (Å²) >= 11 is 5.07. The minimum atomic E-state index is 0.105. The van der Waals surface area contributed by atoms with Gasteiger partial charge in [0.05, 0.1) is 5.39 Å². The molecule has 128 valence electrons. The lowest BCUT2D eigenvalue weighted by Crippen LogP contribution is -2.49. The van der Waals surface area contributed by atoms with Crippen molar-refractivity contribution in [2.75, 3.05) is 31.1 Å². The maximum absolute atomic E-state index is 12.8. The maximum Gasteiger partial charge on any atom is 0.254 e. The standard InChI is InChI=1S/C18H17BrN4OS/c1-12-10-13(19)2-3-14(12)18(24)23-7-5-22(6-8-23)16-15-4-9-25-17(15)21-11-20-16/h2-4,9-11H,5-8H2,1H3. The fraction of sp³-hybridized carbons (Fsp3) is 0.278. The molecule has 0 aliphatic carbocycles. The maximum atomic E-state index is 12.8. The Hall–Kier alpha value is -1.99. The normalized spacial score (nSPS) is 15.0. The first-order valence-electron chi connectivity index (χ1n) is 8.12. The van der Waals surface area contributed by atoms with Gasteiger partial charge in [-0.2, -0.15) is 0 Å².